The zero-order chi connectivity index (χ0) is 12.6. The van der Waals surface area contributed by atoms with Crippen LogP contribution in [0.15, 0.2) is 28.1 Å². The SMILES string of the molecule is Cc1ccsc1C(=O)c1cc(C)c(Br)c(C)c1. The fourth-order valence-electron chi connectivity index (χ4n) is 1.81. The number of thiophene rings is 1. The van der Waals surface area contributed by atoms with Gasteiger partial charge in [0.25, 0.3) is 0 Å². The van der Waals surface area contributed by atoms with Crippen molar-refractivity contribution in [1.82, 2.24) is 0 Å². The lowest BCUT2D eigenvalue weighted by molar-refractivity contribution is 0.104. The van der Waals surface area contributed by atoms with E-state index < -0.39 is 0 Å². The summed E-state index contributed by atoms with van der Waals surface area (Å²) in [6.45, 7) is 5.99. The summed E-state index contributed by atoms with van der Waals surface area (Å²) in [7, 11) is 0. The topological polar surface area (TPSA) is 17.1 Å². The summed E-state index contributed by atoms with van der Waals surface area (Å²) in [5, 5.41) is 1.96. The Hall–Kier alpha value is -0.930. The number of halogens is 1. The molecule has 0 bridgehead atoms. The van der Waals surface area contributed by atoms with Crippen LogP contribution < -0.4 is 0 Å². The minimum atomic E-state index is 0.121. The third-order valence-corrected chi connectivity index (χ3v) is 5.03. The number of carbonyl (C=O) groups excluding carboxylic acids is 1. The van der Waals surface area contributed by atoms with Crippen LogP contribution in [-0.2, 0) is 0 Å². The first-order valence-corrected chi connectivity index (χ1v) is 7.03. The third-order valence-electron chi connectivity index (χ3n) is 2.77. The number of hydrogen-bond acceptors (Lipinski definition) is 2. The largest absolute Gasteiger partial charge is 0.288 e. The Kier molecular flexibility index (Phi) is 3.50. The summed E-state index contributed by atoms with van der Waals surface area (Å²) < 4.78 is 1.08. The lowest BCUT2D eigenvalue weighted by atomic mass is 10.0. The van der Waals surface area contributed by atoms with Gasteiger partial charge in [-0.3, -0.25) is 4.79 Å². The van der Waals surface area contributed by atoms with Crippen LogP contribution in [0.5, 0.6) is 0 Å². The lowest BCUT2D eigenvalue weighted by Gasteiger charge is -2.07. The summed E-state index contributed by atoms with van der Waals surface area (Å²) in [6, 6.07) is 5.87. The van der Waals surface area contributed by atoms with Crippen LogP contribution in [0, 0.1) is 20.8 Å². The van der Waals surface area contributed by atoms with E-state index in [9.17, 15) is 4.79 Å². The molecule has 0 spiro atoms. The van der Waals surface area contributed by atoms with Crippen molar-refractivity contribution in [2.24, 2.45) is 0 Å². The molecule has 0 saturated carbocycles. The molecule has 3 heteroatoms. The molecule has 0 aliphatic rings. The molecule has 0 unspecified atom stereocenters. The van der Waals surface area contributed by atoms with E-state index in [0.717, 1.165) is 31.6 Å². The highest BCUT2D eigenvalue weighted by Crippen LogP contribution is 2.26. The monoisotopic (exact) mass is 308 g/mol. The number of rotatable bonds is 2. The minimum absolute atomic E-state index is 0.121. The first kappa shape index (κ1) is 12.5. The molecular weight excluding hydrogens is 296 g/mol. The molecule has 0 amide bonds. The second-order valence-corrected chi connectivity index (χ2v) is 5.90. The Balaban J connectivity index is 2.49. The fourth-order valence-corrected chi connectivity index (χ4v) is 2.93. The Labute approximate surface area is 114 Å². The molecule has 17 heavy (non-hydrogen) atoms. The first-order valence-electron chi connectivity index (χ1n) is 5.36. The van der Waals surface area contributed by atoms with Crippen LogP contribution in [-0.4, -0.2) is 5.78 Å². The van der Waals surface area contributed by atoms with Crippen molar-refractivity contribution in [2.75, 3.05) is 0 Å². The Bertz CT molecular complexity index is 561. The van der Waals surface area contributed by atoms with Crippen molar-refractivity contribution in [2.45, 2.75) is 20.8 Å². The molecule has 2 rings (SSSR count). The summed E-state index contributed by atoms with van der Waals surface area (Å²) in [6.07, 6.45) is 0. The molecule has 2 aromatic rings. The van der Waals surface area contributed by atoms with Gasteiger partial charge in [-0.1, -0.05) is 15.9 Å². The summed E-state index contributed by atoms with van der Waals surface area (Å²) in [4.78, 5) is 13.2. The molecule has 1 aromatic carbocycles. The van der Waals surface area contributed by atoms with Crippen LogP contribution in [0.4, 0.5) is 0 Å². The average Bonchev–Trinajstić information content (AvgIpc) is 2.70. The zero-order valence-corrected chi connectivity index (χ0v) is 12.4. The smallest absolute Gasteiger partial charge is 0.203 e. The number of carbonyl (C=O) groups is 1. The number of benzene rings is 1. The maximum atomic E-state index is 12.3. The van der Waals surface area contributed by atoms with Crippen LogP contribution in [0.25, 0.3) is 0 Å². The highest BCUT2D eigenvalue weighted by molar-refractivity contribution is 9.10. The average molecular weight is 309 g/mol. The normalized spacial score (nSPS) is 10.6. The molecule has 1 aromatic heterocycles. The number of ketones is 1. The van der Waals surface area contributed by atoms with Gasteiger partial charge in [0.15, 0.2) is 0 Å². The molecule has 0 radical (unpaired) electrons. The van der Waals surface area contributed by atoms with Gasteiger partial charge in [-0.05, 0) is 61.0 Å². The van der Waals surface area contributed by atoms with Gasteiger partial charge in [0.1, 0.15) is 0 Å². The molecule has 0 saturated heterocycles. The van der Waals surface area contributed by atoms with Crippen molar-refractivity contribution >= 4 is 33.0 Å². The van der Waals surface area contributed by atoms with E-state index >= 15 is 0 Å². The van der Waals surface area contributed by atoms with Gasteiger partial charge in [0, 0.05) is 10.0 Å². The molecule has 1 heterocycles. The molecular formula is C14H13BrOS. The van der Waals surface area contributed by atoms with E-state index in [1.165, 1.54) is 11.3 Å². The van der Waals surface area contributed by atoms with Crippen molar-refractivity contribution in [3.8, 4) is 0 Å². The van der Waals surface area contributed by atoms with Crippen molar-refractivity contribution < 1.29 is 4.79 Å². The Morgan fingerprint density at radius 3 is 2.18 bits per heavy atom. The van der Waals surface area contributed by atoms with Crippen molar-refractivity contribution in [3.63, 3.8) is 0 Å². The molecule has 0 N–H and O–H groups in total. The number of aryl methyl sites for hydroxylation is 3. The van der Waals surface area contributed by atoms with Crippen LogP contribution in [0.2, 0.25) is 0 Å². The predicted molar refractivity (Wildman–Crippen MR) is 76.1 cm³/mol. The minimum Gasteiger partial charge on any atom is -0.288 e. The summed E-state index contributed by atoms with van der Waals surface area (Å²) in [5.41, 5.74) is 4.03. The predicted octanol–water partition coefficient (Wildman–Crippen LogP) is 4.67. The standard InChI is InChI=1S/C14H13BrOS/c1-8-4-5-17-14(8)13(16)11-6-9(2)12(15)10(3)7-11/h4-7H,1-3H3. The third kappa shape index (κ3) is 2.35. The quantitative estimate of drug-likeness (QED) is 0.737. The van der Waals surface area contributed by atoms with Gasteiger partial charge in [-0.2, -0.15) is 0 Å². The Morgan fingerprint density at radius 2 is 1.71 bits per heavy atom. The highest BCUT2D eigenvalue weighted by Gasteiger charge is 2.14. The second-order valence-electron chi connectivity index (χ2n) is 4.19. The summed E-state index contributed by atoms with van der Waals surface area (Å²) in [5.74, 6) is 0.121. The van der Waals surface area contributed by atoms with Gasteiger partial charge in [-0.25, -0.2) is 0 Å². The second kappa shape index (κ2) is 4.75. The van der Waals surface area contributed by atoms with E-state index in [1.54, 1.807) is 0 Å². The maximum Gasteiger partial charge on any atom is 0.203 e. The van der Waals surface area contributed by atoms with Crippen molar-refractivity contribution in [1.29, 1.82) is 0 Å². The van der Waals surface area contributed by atoms with Crippen LogP contribution >= 0.6 is 27.3 Å². The van der Waals surface area contributed by atoms with Crippen LogP contribution in [0.1, 0.15) is 31.9 Å². The van der Waals surface area contributed by atoms with E-state index in [4.69, 9.17) is 0 Å². The maximum absolute atomic E-state index is 12.3. The van der Waals surface area contributed by atoms with Crippen LogP contribution in [0.3, 0.4) is 0 Å². The van der Waals surface area contributed by atoms with Crippen molar-refractivity contribution in [3.05, 3.63) is 55.2 Å². The Morgan fingerprint density at radius 1 is 1.12 bits per heavy atom. The zero-order valence-electron chi connectivity index (χ0n) is 10.0. The number of hydrogen-bond donors (Lipinski definition) is 0. The highest BCUT2D eigenvalue weighted by atomic mass is 79.9. The molecule has 88 valence electrons. The molecule has 1 nitrogen and oxygen atoms in total. The van der Waals surface area contributed by atoms with Gasteiger partial charge >= 0.3 is 0 Å². The molecule has 0 fully saturated rings. The molecule has 0 atom stereocenters. The van der Waals surface area contributed by atoms with Gasteiger partial charge < -0.3 is 0 Å². The van der Waals surface area contributed by atoms with E-state index in [2.05, 4.69) is 15.9 Å². The first-order chi connectivity index (χ1) is 8.00. The van der Waals surface area contributed by atoms with E-state index in [0.29, 0.717) is 0 Å². The summed E-state index contributed by atoms with van der Waals surface area (Å²) >= 11 is 5.02. The van der Waals surface area contributed by atoms with Gasteiger partial charge in [-0.15, -0.1) is 11.3 Å². The van der Waals surface area contributed by atoms with E-state index in [1.807, 2.05) is 44.4 Å². The molecule has 0 aliphatic heterocycles. The fraction of sp³-hybridized carbons (Fsp3) is 0.214. The molecule has 0 aliphatic carbocycles. The van der Waals surface area contributed by atoms with E-state index in [-0.39, 0.29) is 5.78 Å². The van der Waals surface area contributed by atoms with Gasteiger partial charge in [0.05, 0.1) is 4.88 Å². The lowest BCUT2D eigenvalue weighted by Crippen LogP contribution is -2.02. The van der Waals surface area contributed by atoms with Gasteiger partial charge in [0.2, 0.25) is 5.78 Å².